The number of hydrogen-bond donors (Lipinski definition) is 4. The fourth-order valence-electron chi connectivity index (χ4n) is 5.46. The number of carbonyl (C=O) groups is 4. The first-order chi connectivity index (χ1) is 25.3. The van der Waals surface area contributed by atoms with Crippen LogP contribution < -0.4 is 25.4 Å². The van der Waals surface area contributed by atoms with E-state index in [0.717, 1.165) is 5.56 Å². The number of rotatable bonds is 6. The summed E-state index contributed by atoms with van der Waals surface area (Å²) in [5, 5.41) is 8.00. The summed E-state index contributed by atoms with van der Waals surface area (Å²) in [5.41, 5.74) is -0.0685. The topological polar surface area (TPSA) is 195 Å². The van der Waals surface area contributed by atoms with Gasteiger partial charge in [0.25, 0.3) is 5.91 Å². The van der Waals surface area contributed by atoms with E-state index in [9.17, 15) is 27.6 Å². The Hall–Kier alpha value is -5.31. The number of hydrogen-bond acceptors (Lipinski definition) is 10. The van der Waals surface area contributed by atoms with E-state index in [0.29, 0.717) is 35.7 Å². The largest absolute Gasteiger partial charge is 0.444 e. The molecule has 3 aromatic rings. The quantitative estimate of drug-likeness (QED) is 0.247. The first-order valence-electron chi connectivity index (χ1n) is 17.9. The van der Waals surface area contributed by atoms with Gasteiger partial charge in [0, 0.05) is 11.6 Å². The number of aromatic nitrogens is 2. The average Bonchev–Trinajstić information content (AvgIpc) is 3.08. The predicted octanol–water partition coefficient (Wildman–Crippen LogP) is 5.57. The van der Waals surface area contributed by atoms with Crippen molar-refractivity contribution in [1.82, 2.24) is 30.6 Å². The Balaban J connectivity index is 1.75. The van der Waals surface area contributed by atoms with Gasteiger partial charge in [-0.1, -0.05) is 82.7 Å². The molecule has 4 amide bonds. The van der Waals surface area contributed by atoms with Crippen molar-refractivity contribution in [3.05, 3.63) is 78.0 Å². The van der Waals surface area contributed by atoms with Gasteiger partial charge < -0.3 is 25.4 Å². The zero-order chi connectivity index (χ0) is 39.7. The lowest BCUT2D eigenvalue weighted by Crippen LogP contribution is -2.57. The van der Waals surface area contributed by atoms with Crippen LogP contribution in [-0.2, 0) is 29.1 Å². The molecule has 4 bridgehead atoms. The van der Waals surface area contributed by atoms with Crippen LogP contribution >= 0.6 is 0 Å². The van der Waals surface area contributed by atoms with Crippen molar-refractivity contribution in [2.45, 2.75) is 97.9 Å². The van der Waals surface area contributed by atoms with E-state index < -0.39 is 63.0 Å². The summed E-state index contributed by atoms with van der Waals surface area (Å²) in [6.45, 7) is 12.1. The molecular weight excluding hydrogens is 713 g/mol. The van der Waals surface area contributed by atoms with Crippen molar-refractivity contribution in [2.24, 2.45) is 5.41 Å². The number of amides is 4. The van der Waals surface area contributed by atoms with E-state index in [1.807, 2.05) is 30.3 Å². The number of nitrogens with zero attached hydrogens (tertiary/aromatic N) is 2. The molecule has 3 heterocycles. The molecule has 0 aliphatic carbocycles. The maximum absolute atomic E-state index is 14.1. The molecule has 0 saturated carbocycles. The molecule has 4 N–H and O–H groups in total. The summed E-state index contributed by atoms with van der Waals surface area (Å²) < 4.78 is 39.6. The summed E-state index contributed by atoms with van der Waals surface area (Å²) in [5.74, 6) is -1.69. The molecule has 0 fully saturated rings. The van der Waals surface area contributed by atoms with Crippen LogP contribution in [0.15, 0.2) is 66.7 Å². The molecule has 14 nitrogen and oxygen atoms in total. The molecule has 2 aliphatic rings. The third kappa shape index (κ3) is 12.4. The second kappa shape index (κ2) is 17.7. The predicted molar refractivity (Wildman–Crippen MR) is 205 cm³/mol. The Kier molecular flexibility index (Phi) is 13.6. The molecule has 3 atom stereocenters. The van der Waals surface area contributed by atoms with Gasteiger partial charge in [-0.3, -0.25) is 19.1 Å². The van der Waals surface area contributed by atoms with Crippen molar-refractivity contribution in [2.75, 3.05) is 5.75 Å². The highest BCUT2D eigenvalue weighted by molar-refractivity contribution is 7.90. The second-order valence-electron chi connectivity index (χ2n) is 15.1. The maximum Gasteiger partial charge on any atom is 0.408 e. The molecule has 54 heavy (non-hydrogen) atoms. The highest BCUT2D eigenvalue weighted by Crippen LogP contribution is 2.27. The number of benzene rings is 2. The minimum absolute atomic E-state index is 0.122. The second-order valence-corrected chi connectivity index (χ2v) is 16.9. The van der Waals surface area contributed by atoms with Crippen LogP contribution in [0.1, 0.15) is 91.4 Å². The zero-order valence-corrected chi connectivity index (χ0v) is 32.6. The van der Waals surface area contributed by atoms with Gasteiger partial charge in [0.05, 0.1) is 11.4 Å². The highest BCUT2D eigenvalue weighted by atomic mass is 32.2. The van der Waals surface area contributed by atoms with Gasteiger partial charge in [0.1, 0.15) is 29.5 Å². The molecule has 0 saturated heterocycles. The molecule has 2 aliphatic heterocycles. The van der Waals surface area contributed by atoms with Crippen molar-refractivity contribution in [3.63, 3.8) is 0 Å². The normalized spacial score (nSPS) is 19.2. The van der Waals surface area contributed by atoms with E-state index in [-0.39, 0.29) is 24.5 Å². The third-order valence-electron chi connectivity index (χ3n) is 8.07. The SMILES string of the molecule is CCC[C@@H]1NC(=O)[C@@H](NC(=O)[C@@H](NC(=O)OC(C)(C)C)C(C)(C)C)c2ccc(cc2)Oc2cc(nc(-c3ccccc3)n2)/C=C/CCCS(=O)(=O)NC1=O. The van der Waals surface area contributed by atoms with E-state index in [4.69, 9.17) is 9.47 Å². The molecular formula is C39H50N6O8S. The number of alkyl carbamates (subject to hydrolysis) is 1. The van der Waals surface area contributed by atoms with Gasteiger partial charge in [-0.15, -0.1) is 0 Å². The molecule has 1 aromatic heterocycles. The molecule has 0 unspecified atom stereocenters. The minimum atomic E-state index is -4.06. The highest BCUT2D eigenvalue weighted by Gasteiger charge is 2.37. The summed E-state index contributed by atoms with van der Waals surface area (Å²) in [7, 11) is -4.06. The Morgan fingerprint density at radius 1 is 0.981 bits per heavy atom. The maximum atomic E-state index is 14.1. The van der Waals surface area contributed by atoms with E-state index in [1.54, 1.807) is 91.0 Å². The first kappa shape index (κ1) is 41.4. The van der Waals surface area contributed by atoms with Crippen molar-refractivity contribution in [3.8, 4) is 23.0 Å². The van der Waals surface area contributed by atoms with Crippen LogP contribution in [0.25, 0.3) is 17.5 Å². The van der Waals surface area contributed by atoms with Gasteiger partial charge in [-0.05, 0) is 69.2 Å². The number of allylic oxidation sites excluding steroid dienone is 1. The molecule has 2 aromatic carbocycles. The summed E-state index contributed by atoms with van der Waals surface area (Å²) >= 11 is 0. The van der Waals surface area contributed by atoms with E-state index in [1.165, 1.54) is 0 Å². The van der Waals surface area contributed by atoms with Crippen molar-refractivity contribution in [1.29, 1.82) is 0 Å². The standard InChI is InChI=1S/C39H50N6O8S/c1-8-15-29-34(46)45-54(50,51)23-14-10-13-18-27-24-30(42-33(40-27)26-16-11-9-12-17-26)52-28-21-19-25(20-22-28)31(35(47)41-29)43-36(48)32(38(2,3)4)44-37(49)53-39(5,6)7/h9,11-13,16-22,24,29,31-32H,8,10,14-15,23H2,1-7H3,(H,41,47)(H,43,48)(H,44,49)(H,45,46)/b18-13+/t29-,31-,32+/m0/s1. The van der Waals surface area contributed by atoms with E-state index in [2.05, 4.69) is 30.6 Å². The van der Waals surface area contributed by atoms with E-state index >= 15 is 0 Å². The Labute approximate surface area is 317 Å². The monoisotopic (exact) mass is 762 g/mol. The Morgan fingerprint density at radius 3 is 2.30 bits per heavy atom. The number of ether oxygens (including phenoxy) is 2. The van der Waals surface area contributed by atoms with Crippen molar-refractivity contribution >= 4 is 39.9 Å². The van der Waals surface area contributed by atoms with Gasteiger partial charge in [-0.2, -0.15) is 4.98 Å². The third-order valence-corrected chi connectivity index (χ3v) is 9.41. The fourth-order valence-corrected chi connectivity index (χ4v) is 6.55. The molecule has 0 radical (unpaired) electrons. The van der Waals surface area contributed by atoms with Gasteiger partial charge in [0.15, 0.2) is 5.82 Å². The lowest BCUT2D eigenvalue weighted by Gasteiger charge is -2.33. The summed E-state index contributed by atoms with van der Waals surface area (Å²) in [6.07, 6.45) is 3.84. The van der Waals surface area contributed by atoms with Crippen LogP contribution in [-0.4, -0.2) is 65.6 Å². The Morgan fingerprint density at radius 2 is 1.67 bits per heavy atom. The number of nitrogens with one attached hydrogen (secondary N) is 4. The lowest BCUT2D eigenvalue weighted by molar-refractivity contribution is -0.133. The number of carbonyl (C=O) groups excluding carboxylic acids is 4. The van der Waals surface area contributed by atoms with Crippen LogP contribution in [0.3, 0.4) is 0 Å². The van der Waals surface area contributed by atoms with Crippen LogP contribution in [0, 0.1) is 5.41 Å². The fraction of sp³-hybridized carbons (Fsp3) is 0.436. The smallest absolute Gasteiger partial charge is 0.408 e. The molecule has 290 valence electrons. The average molecular weight is 763 g/mol. The van der Waals surface area contributed by atoms with Crippen LogP contribution in [0.2, 0.25) is 0 Å². The lowest BCUT2D eigenvalue weighted by atomic mass is 9.86. The Bertz CT molecular complexity index is 1940. The van der Waals surface area contributed by atoms with Crippen LogP contribution in [0.5, 0.6) is 11.6 Å². The van der Waals surface area contributed by atoms with Crippen molar-refractivity contribution < 1.29 is 37.1 Å². The molecule has 15 heteroatoms. The minimum Gasteiger partial charge on any atom is -0.444 e. The van der Waals surface area contributed by atoms with Gasteiger partial charge in [0.2, 0.25) is 27.7 Å². The summed E-state index contributed by atoms with van der Waals surface area (Å²) in [6, 6.07) is 13.6. The molecule has 0 spiro atoms. The number of sulfonamides is 1. The van der Waals surface area contributed by atoms with Crippen LogP contribution in [0.4, 0.5) is 4.79 Å². The molecule has 5 rings (SSSR count). The number of fused-ring (bicyclic) bond motifs is 12. The zero-order valence-electron chi connectivity index (χ0n) is 31.8. The summed E-state index contributed by atoms with van der Waals surface area (Å²) in [4.78, 5) is 63.3. The first-order valence-corrected chi connectivity index (χ1v) is 19.5. The van der Waals surface area contributed by atoms with Gasteiger partial charge in [-0.25, -0.2) is 18.2 Å². The van der Waals surface area contributed by atoms with Gasteiger partial charge >= 0.3 is 6.09 Å².